The fourth-order valence-corrected chi connectivity index (χ4v) is 4.91. The van der Waals surface area contributed by atoms with Gasteiger partial charge < -0.3 is 14.6 Å². The van der Waals surface area contributed by atoms with Crippen LogP contribution in [-0.2, 0) is 17.5 Å². The average Bonchev–Trinajstić information content (AvgIpc) is 3.10. The third-order valence-electron chi connectivity index (χ3n) is 5.88. The van der Waals surface area contributed by atoms with Crippen molar-refractivity contribution in [3.05, 3.63) is 60.6 Å². The summed E-state index contributed by atoms with van der Waals surface area (Å²) in [4.78, 5) is 6.74. The number of nitrogens with one attached hydrogen (secondary N) is 1. The minimum atomic E-state index is 0.857. The highest BCUT2D eigenvalue weighted by molar-refractivity contribution is 7.97. The van der Waals surface area contributed by atoms with Gasteiger partial charge in [-0.25, -0.2) is 0 Å². The van der Waals surface area contributed by atoms with Crippen LogP contribution in [0.2, 0.25) is 0 Å². The molecule has 4 rings (SSSR count). The molecule has 1 aliphatic rings. The fraction of sp³-hybridized carbons (Fsp3) is 0.400. The zero-order valence-corrected chi connectivity index (χ0v) is 19.3. The van der Waals surface area contributed by atoms with E-state index in [-0.39, 0.29) is 0 Å². The van der Waals surface area contributed by atoms with E-state index in [1.165, 1.54) is 33.8 Å². The van der Waals surface area contributed by atoms with Crippen molar-refractivity contribution in [1.29, 1.82) is 0 Å². The van der Waals surface area contributed by atoms with Crippen molar-refractivity contribution in [3.8, 4) is 22.3 Å². The van der Waals surface area contributed by atoms with Crippen LogP contribution in [0.4, 0.5) is 5.82 Å². The van der Waals surface area contributed by atoms with Gasteiger partial charge in [-0.15, -0.1) is 0 Å². The van der Waals surface area contributed by atoms with Crippen molar-refractivity contribution in [1.82, 2.24) is 14.5 Å². The molecule has 0 amide bonds. The number of morpholine rings is 1. The summed E-state index contributed by atoms with van der Waals surface area (Å²) in [5.41, 5.74) is 6.40. The standard InChI is InChI=1S/C25H32N4OS/c1-28-22(19-31-2)23(20-7-4-3-5-8-20)24(21-9-12-26-13-10-21)25(28)27-11-6-14-29-15-17-30-18-16-29/h3-5,7-10,12-13,27H,6,11,14-19H2,1-2H3. The molecule has 6 heteroatoms. The minimum Gasteiger partial charge on any atom is -0.379 e. The van der Waals surface area contributed by atoms with Gasteiger partial charge in [0.1, 0.15) is 5.82 Å². The van der Waals surface area contributed by atoms with Crippen LogP contribution >= 0.6 is 11.8 Å². The number of hydrogen-bond donors (Lipinski definition) is 1. The van der Waals surface area contributed by atoms with Crippen LogP contribution in [-0.4, -0.2) is 60.1 Å². The van der Waals surface area contributed by atoms with Crippen LogP contribution in [0.5, 0.6) is 0 Å². The zero-order chi connectivity index (χ0) is 21.5. The molecular weight excluding hydrogens is 404 g/mol. The maximum absolute atomic E-state index is 5.47. The molecule has 1 fully saturated rings. The van der Waals surface area contributed by atoms with Gasteiger partial charge in [-0.1, -0.05) is 30.3 Å². The number of anilines is 1. The van der Waals surface area contributed by atoms with E-state index in [1.54, 1.807) is 0 Å². The lowest BCUT2D eigenvalue weighted by molar-refractivity contribution is 0.0378. The normalized spacial score (nSPS) is 14.6. The monoisotopic (exact) mass is 436 g/mol. The van der Waals surface area contributed by atoms with E-state index < -0.39 is 0 Å². The van der Waals surface area contributed by atoms with E-state index >= 15 is 0 Å². The molecule has 3 heterocycles. The number of pyridine rings is 1. The highest BCUT2D eigenvalue weighted by Gasteiger charge is 2.23. The predicted octanol–water partition coefficient (Wildman–Crippen LogP) is 4.75. The average molecular weight is 437 g/mol. The molecule has 5 nitrogen and oxygen atoms in total. The molecule has 1 aliphatic heterocycles. The molecule has 1 aromatic carbocycles. The first kappa shape index (κ1) is 21.9. The first-order valence-corrected chi connectivity index (χ1v) is 12.4. The maximum Gasteiger partial charge on any atom is 0.114 e. The molecule has 0 saturated carbocycles. The largest absolute Gasteiger partial charge is 0.379 e. The summed E-state index contributed by atoms with van der Waals surface area (Å²) in [6.07, 6.45) is 7.05. The van der Waals surface area contributed by atoms with E-state index in [0.717, 1.165) is 51.6 Å². The number of aromatic nitrogens is 2. The van der Waals surface area contributed by atoms with E-state index in [0.29, 0.717) is 0 Å². The predicted molar refractivity (Wildman–Crippen MR) is 132 cm³/mol. The third-order valence-corrected chi connectivity index (χ3v) is 6.44. The van der Waals surface area contributed by atoms with Crippen LogP contribution in [0.15, 0.2) is 54.9 Å². The summed E-state index contributed by atoms with van der Waals surface area (Å²) in [6, 6.07) is 15.0. The molecule has 2 aromatic heterocycles. The van der Waals surface area contributed by atoms with Gasteiger partial charge in [0.25, 0.3) is 0 Å². The van der Waals surface area contributed by atoms with E-state index in [1.807, 2.05) is 24.2 Å². The first-order valence-electron chi connectivity index (χ1n) is 11.0. The quantitative estimate of drug-likeness (QED) is 0.490. The second kappa shape index (κ2) is 10.8. The van der Waals surface area contributed by atoms with Crippen LogP contribution in [0, 0.1) is 0 Å². The molecule has 0 aliphatic carbocycles. The number of nitrogens with zero attached hydrogens (tertiary/aromatic N) is 3. The molecule has 1 N–H and O–H groups in total. The van der Waals surface area contributed by atoms with E-state index in [9.17, 15) is 0 Å². The summed E-state index contributed by atoms with van der Waals surface area (Å²) < 4.78 is 7.82. The fourth-order valence-electron chi connectivity index (χ4n) is 4.30. The van der Waals surface area contributed by atoms with Crippen molar-refractivity contribution in [2.45, 2.75) is 12.2 Å². The molecule has 3 aromatic rings. The molecule has 1 saturated heterocycles. The Balaban J connectivity index is 1.66. The number of rotatable bonds is 9. The Morgan fingerprint density at radius 3 is 2.42 bits per heavy atom. The van der Waals surface area contributed by atoms with Crippen LogP contribution in [0.3, 0.4) is 0 Å². The molecule has 31 heavy (non-hydrogen) atoms. The molecule has 0 bridgehead atoms. The SMILES string of the molecule is CSCc1c(-c2ccccc2)c(-c2ccncc2)c(NCCCN2CCOCC2)n1C. The molecule has 0 radical (unpaired) electrons. The molecule has 0 spiro atoms. The highest BCUT2D eigenvalue weighted by Crippen LogP contribution is 2.43. The Kier molecular flexibility index (Phi) is 7.67. The van der Waals surface area contributed by atoms with Gasteiger partial charge >= 0.3 is 0 Å². The van der Waals surface area contributed by atoms with Crippen molar-refractivity contribution >= 4 is 17.6 Å². The van der Waals surface area contributed by atoms with Crippen LogP contribution < -0.4 is 5.32 Å². The number of ether oxygens (including phenoxy) is 1. The Bertz CT molecular complexity index is 953. The van der Waals surface area contributed by atoms with Gasteiger partial charge in [-0.05, 0) is 42.5 Å². The topological polar surface area (TPSA) is 42.3 Å². The minimum absolute atomic E-state index is 0.857. The van der Waals surface area contributed by atoms with Crippen molar-refractivity contribution in [3.63, 3.8) is 0 Å². The first-order chi connectivity index (χ1) is 15.3. The lowest BCUT2D eigenvalue weighted by Gasteiger charge is -2.26. The molecule has 0 atom stereocenters. The zero-order valence-electron chi connectivity index (χ0n) is 18.5. The number of hydrogen-bond acceptors (Lipinski definition) is 5. The Morgan fingerprint density at radius 2 is 1.71 bits per heavy atom. The number of benzene rings is 1. The van der Waals surface area contributed by atoms with Gasteiger partial charge in [-0.3, -0.25) is 9.88 Å². The summed E-state index contributed by atoms with van der Waals surface area (Å²) in [6.45, 7) is 5.85. The number of thioether (sulfide) groups is 1. The van der Waals surface area contributed by atoms with Gasteiger partial charge in [0.05, 0.1) is 13.2 Å². The summed E-state index contributed by atoms with van der Waals surface area (Å²) in [7, 11) is 2.19. The lowest BCUT2D eigenvalue weighted by Crippen LogP contribution is -2.37. The Morgan fingerprint density at radius 1 is 1.00 bits per heavy atom. The molecule has 0 unspecified atom stereocenters. The summed E-state index contributed by atoms with van der Waals surface area (Å²) in [5.74, 6) is 2.16. The Hall–Kier alpha value is -2.28. The van der Waals surface area contributed by atoms with Crippen molar-refractivity contribution < 1.29 is 4.74 Å². The van der Waals surface area contributed by atoms with Gasteiger partial charge in [-0.2, -0.15) is 11.8 Å². The van der Waals surface area contributed by atoms with Crippen molar-refractivity contribution in [2.75, 3.05) is 51.0 Å². The Labute approximate surface area is 189 Å². The van der Waals surface area contributed by atoms with Gasteiger partial charge in [0, 0.05) is 61.6 Å². The van der Waals surface area contributed by atoms with E-state index in [2.05, 4.69) is 75.5 Å². The highest BCUT2D eigenvalue weighted by atomic mass is 32.2. The lowest BCUT2D eigenvalue weighted by atomic mass is 9.97. The third kappa shape index (κ3) is 5.14. The van der Waals surface area contributed by atoms with Crippen molar-refractivity contribution in [2.24, 2.45) is 7.05 Å². The van der Waals surface area contributed by atoms with Gasteiger partial charge in [0.15, 0.2) is 0 Å². The second-order valence-electron chi connectivity index (χ2n) is 7.87. The van der Waals surface area contributed by atoms with Gasteiger partial charge in [0.2, 0.25) is 0 Å². The second-order valence-corrected chi connectivity index (χ2v) is 8.74. The summed E-state index contributed by atoms with van der Waals surface area (Å²) in [5, 5.41) is 3.78. The summed E-state index contributed by atoms with van der Waals surface area (Å²) >= 11 is 1.86. The van der Waals surface area contributed by atoms with Crippen LogP contribution in [0.1, 0.15) is 12.1 Å². The maximum atomic E-state index is 5.47. The van der Waals surface area contributed by atoms with E-state index in [4.69, 9.17) is 4.74 Å². The molecular formula is C25H32N4OS. The smallest absolute Gasteiger partial charge is 0.114 e. The van der Waals surface area contributed by atoms with Crippen LogP contribution in [0.25, 0.3) is 22.3 Å². The molecule has 164 valence electrons.